The standard InChI is InChI=1S/C17H18ClN3O3S/c1-19-12-8-4-3-7-11(12)16-14(19)13(21-9-5-6-10-21)15(17(18)22)20(2)25(16,23)24/h3-4,7-8H,5-6,9-10H2,1-2H3. The van der Waals surface area contributed by atoms with Crippen molar-refractivity contribution in [1.82, 2.24) is 13.8 Å². The van der Waals surface area contributed by atoms with Gasteiger partial charge in [0.2, 0.25) is 0 Å². The van der Waals surface area contributed by atoms with Gasteiger partial charge in [0.25, 0.3) is 15.3 Å². The molecule has 1 saturated heterocycles. The molecule has 0 bridgehead atoms. The van der Waals surface area contributed by atoms with Gasteiger partial charge < -0.3 is 9.47 Å². The third kappa shape index (κ3) is 2.15. The van der Waals surface area contributed by atoms with Gasteiger partial charge in [0.15, 0.2) is 0 Å². The van der Waals surface area contributed by atoms with E-state index in [0.717, 1.165) is 35.8 Å². The average molecular weight is 380 g/mol. The van der Waals surface area contributed by atoms with Crippen LogP contribution < -0.4 is 0 Å². The van der Waals surface area contributed by atoms with Crippen LogP contribution >= 0.6 is 11.6 Å². The first kappa shape index (κ1) is 16.5. The number of aryl methyl sites for hydroxylation is 1. The molecule has 1 aromatic carbocycles. The maximum atomic E-state index is 13.2. The minimum absolute atomic E-state index is 0.0296. The first-order chi connectivity index (χ1) is 11.9. The third-order valence-electron chi connectivity index (χ3n) is 5.05. The molecule has 8 heteroatoms. The summed E-state index contributed by atoms with van der Waals surface area (Å²) in [5, 5.41) is -0.103. The minimum atomic E-state index is -3.86. The van der Waals surface area contributed by atoms with Crippen molar-refractivity contribution < 1.29 is 13.2 Å². The molecule has 0 atom stereocenters. The van der Waals surface area contributed by atoms with Gasteiger partial charge >= 0.3 is 0 Å². The van der Waals surface area contributed by atoms with Crippen molar-refractivity contribution in [1.29, 1.82) is 0 Å². The lowest BCUT2D eigenvalue weighted by Crippen LogP contribution is -2.38. The van der Waals surface area contributed by atoms with Crippen LogP contribution in [-0.4, -0.2) is 47.6 Å². The van der Waals surface area contributed by atoms with Gasteiger partial charge in [-0.2, -0.15) is 0 Å². The zero-order valence-corrected chi connectivity index (χ0v) is 15.6. The van der Waals surface area contributed by atoms with Crippen molar-refractivity contribution in [3.63, 3.8) is 0 Å². The van der Waals surface area contributed by atoms with Crippen LogP contribution in [0.15, 0.2) is 34.9 Å². The number of sulfonamides is 1. The Kier molecular flexibility index (Phi) is 3.63. The highest BCUT2D eigenvalue weighted by Gasteiger charge is 2.43. The number of hydrogen-bond acceptors (Lipinski definition) is 4. The Morgan fingerprint density at radius 1 is 1.12 bits per heavy atom. The topological polar surface area (TPSA) is 62.6 Å². The van der Waals surface area contributed by atoms with Crippen LogP contribution in [-0.2, 0) is 21.9 Å². The van der Waals surface area contributed by atoms with E-state index >= 15 is 0 Å². The summed E-state index contributed by atoms with van der Waals surface area (Å²) in [6.45, 7) is 1.55. The van der Waals surface area contributed by atoms with Crippen LogP contribution in [0.25, 0.3) is 16.6 Å². The smallest absolute Gasteiger partial charge is 0.271 e. The van der Waals surface area contributed by atoms with E-state index in [2.05, 4.69) is 4.90 Å². The Bertz CT molecular complexity index is 1030. The number of likely N-dealkylation sites (N-methyl/N-ethyl adjacent to an activating group) is 1. The number of likely N-dealkylation sites (tertiary alicyclic amines) is 1. The quantitative estimate of drug-likeness (QED) is 0.751. The summed E-state index contributed by atoms with van der Waals surface area (Å²) >= 11 is 5.83. The molecule has 0 N–H and O–H groups in total. The molecule has 1 aromatic heterocycles. The summed E-state index contributed by atoms with van der Waals surface area (Å²) in [6, 6.07) is 7.37. The number of carbonyl (C=O) groups excluding carboxylic acids is 1. The Hall–Kier alpha value is -1.99. The molecule has 2 aromatic rings. The van der Waals surface area contributed by atoms with E-state index in [4.69, 9.17) is 11.6 Å². The number of fused-ring (bicyclic) bond motifs is 3. The van der Waals surface area contributed by atoms with E-state index < -0.39 is 15.3 Å². The van der Waals surface area contributed by atoms with Gasteiger partial charge in [-0.25, -0.2) is 8.42 Å². The molecule has 0 radical (unpaired) electrons. The molecule has 4 rings (SSSR count). The molecular weight excluding hydrogens is 362 g/mol. The molecule has 3 heterocycles. The molecule has 6 nitrogen and oxygen atoms in total. The molecule has 25 heavy (non-hydrogen) atoms. The van der Waals surface area contributed by atoms with Gasteiger partial charge in [0, 0.05) is 38.1 Å². The fraction of sp³-hybridized carbons (Fsp3) is 0.353. The molecule has 0 spiro atoms. The second kappa shape index (κ2) is 5.51. The van der Waals surface area contributed by atoms with Gasteiger partial charge in [-0.05, 0) is 30.5 Å². The van der Waals surface area contributed by atoms with Crippen LogP contribution in [0.4, 0.5) is 0 Å². The molecule has 2 aliphatic rings. The number of rotatable bonds is 2. The number of halogens is 1. The van der Waals surface area contributed by atoms with Crippen LogP contribution in [0.5, 0.6) is 0 Å². The predicted molar refractivity (Wildman–Crippen MR) is 96.5 cm³/mol. The Balaban J connectivity index is 2.18. The van der Waals surface area contributed by atoms with Gasteiger partial charge in [-0.3, -0.25) is 9.10 Å². The summed E-state index contributed by atoms with van der Waals surface area (Å²) in [5.74, 6) is 0. The fourth-order valence-corrected chi connectivity index (χ4v) is 5.74. The number of allylic oxidation sites excluding steroid dienone is 1. The molecule has 132 valence electrons. The molecule has 0 aliphatic carbocycles. The lowest BCUT2D eigenvalue weighted by molar-refractivity contribution is -0.109. The molecular formula is C17H18ClN3O3S. The maximum Gasteiger partial charge on any atom is 0.271 e. The molecule has 1 fully saturated rings. The largest absolute Gasteiger partial charge is 0.368 e. The highest BCUT2D eigenvalue weighted by atomic mass is 35.5. The number of nitrogens with zero attached hydrogens (tertiary/aromatic N) is 3. The van der Waals surface area contributed by atoms with E-state index in [0.29, 0.717) is 16.8 Å². The summed E-state index contributed by atoms with van der Waals surface area (Å²) in [7, 11) is -0.638. The van der Waals surface area contributed by atoms with Crippen LogP contribution in [0, 0.1) is 0 Å². The SMILES string of the molecule is CN1C(C(=O)Cl)=C(N2CCCC2)c2c(c3ccccc3n2C)S1(=O)=O. The van der Waals surface area contributed by atoms with E-state index in [1.54, 1.807) is 6.07 Å². The summed E-state index contributed by atoms with van der Waals surface area (Å²) in [5.41, 5.74) is 2.00. The summed E-state index contributed by atoms with van der Waals surface area (Å²) in [4.78, 5) is 14.5. The third-order valence-corrected chi connectivity index (χ3v) is 7.06. The zero-order valence-electron chi connectivity index (χ0n) is 14.0. The summed E-state index contributed by atoms with van der Waals surface area (Å²) in [6.07, 6.45) is 2.01. The lowest BCUT2D eigenvalue weighted by atomic mass is 10.2. The Morgan fingerprint density at radius 2 is 1.76 bits per heavy atom. The number of benzene rings is 1. The average Bonchev–Trinajstić information content (AvgIpc) is 3.18. The van der Waals surface area contributed by atoms with Gasteiger partial charge in [0.1, 0.15) is 10.6 Å². The molecule has 0 saturated carbocycles. The second-order valence-electron chi connectivity index (χ2n) is 6.39. The first-order valence-electron chi connectivity index (χ1n) is 8.11. The van der Waals surface area contributed by atoms with Crippen molar-refractivity contribution >= 4 is 43.5 Å². The highest BCUT2D eigenvalue weighted by Crippen LogP contribution is 2.44. The van der Waals surface area contributed by atoms with Gasteiger partial charge in [0.05, 0.1) is 11.4 Å². The van der Waals surface area contributed by atoms with Crippen molar-refractivity contribution in [2.45, 2.75) is 17.7 Å². The van der Waals surface area contributed by atoms with Crippen LogP contribution in [0.2, 0.25) is 0 Å². The van der Waals surface area contributed by atoms with E-state index in [-0.39, 0.29) is 10.6 Å². The fourth-order valence-electron chi connectivity index (χ4n) is 3.86. The van der Waals surface area contributed by atoms with Crippen molar-refractivity contribution in [3.8, 4) is 0 Å². The number of carbonyl (C=O) groups is 1. The minimum Gasteiger partial charge on any atom is -0.368 e. The molecule has 0 unspecified atom stereocenters. The van der Waals surface area contributed by atoms with Crippen molar-refractivity contribution in [2.75, 3.05) is 20.1 Å². The summed E-state index contributed by atoms with van der Waals surface area (Å²) < 4.78 is 29.2. The first-order valence-corrected chi connectivity index (χ1v) is 9.93. The van der Waals surface area contributed by atoms with E-state index in [1.807, 2.05) is 29.8 Å². The monoisotopic (exact) mass is 379 g/mol. The van der Waals surface area contributed by atoms with Crippen LogP contribution in [0.3, 0.4) is 0 Å². The number of para-hydroxylation sites is 1. The zero-order chi connectivity index (χ0) is 17.9. The van der Waals surface area contributed by atoms with Crippen LogP contribution in [0.1, 0.15) is 18.5 Å². The Labute approximate surface area is 151 Å². The van der Waals surface area contributed by atoms with Gasteiger partial charge in [-0.15, -0.1) is 0 Å². The van der Waals surface area contributed by atoms with Crippen molar-refractivity contribution in [3.05, 3.63) is 35.7 Å². The number of aromatic nitrogens is 1. The lowest BCUT2D eigenvalue weighted by Gasteiger charge is -2.33. The van der Waals surface area contributed by atoms with Gasteiger partial charge in [-0.1, -0.05) is 18.2 Å². The maximum absolute atomic E-state index is 13.2. The second-order valence-corrected chi connectivity index (χ2v) is 8.64. The molecule has 2 aliphatic heterocycles. The molecule has 0 amide bonds. The normalized spacial score (nSPS) is 19.6. The number of hydrogen-bond donors (Lipinski definition) is 0. The highest BCUT2D eigenvalue weighted by molar-refractivity contribution is 7.89. The van der Waals surface area contributed by atoms with E-state index in [9.17, 15) is 13.2 Å². The van der Waals surface area contributed by atoms with E-state index in [1.165, 1.54) is 7.05 Å². The predicted octanol–water partition coefficient (Wildman–Crippen LogP) is 2.34. The Morgan fingerprint density at radius 3 is 2.40 bits per heavy atom. The van der Waals surface area contributed by atoms with Crippen molar-refractivity contribution in [2.24, 2.45) is 7.05 Å².